The Morgan fingerprint density at radius 1 is 1.12 bits per heavy atom. The molecule has 1 fully saturated rings. The topological polar surface area (TPSA) is 56.7 Å². The lowest BCUT2D eigenvalue weighted by molar-refractivity contribution is 0.588. The molecule has 2 N–H and O–H groups in total. The molecule has 1 aliphatic heterocycles. The number of aryl methyl sites for hydroxylation is 1. The van der Waals surface area contributed by atoms with Crippen LogP contribution in [-0.2, 0) is 13.0 Å². The Labute approximate surface area is 106 Å². The zero-order valence-corrected chi connectivity index (χ0v) is 11.0. The summed E-state index contributed by atoms with van der Waals surface area (Å²) in [7, 11) is 0. The number of hydrogen-bond acceptors (Lipinski definition) is 4. The lowest BCUT2D eigenvalue weighted by Gasteiger charge is -2.14. The van der Waals surface area contributed by atoms with Crippen LogP contribution in [-0.4, -0.2) is 26.1 Å². The van der Waals surface area contributed by atoms with Crippen LogP contribution in [0, 0.1) is 0 Å². The third-order valence-electron chi connectivity index (χ3n) is 3.84. The SMILES string of the molecule is NC1CCCC1Sc1nnc2n1CCCCC2. The molecule has 2 aliphatic rings. The van der Waals surface area contributed by atoms with E-state index in [0.29, 0.717) is 11.3 Å². The molecule has 0 aromatic carbocycles. The summed E-state index contributed by atoms with van der Waals surface area (Å²) in [4.78, 5) is 0. The van der Waals surface area contributed by atoms with Gasteiger partial charge in [-0.1, -0.05) is 24.6 Å². The van der Waals surface area contributed by atoms with E-state index in [9.17, 15) is 0 Å². The second kappa shape index (κ2) is 4.98. The zero-order valence-electron chi connectivity index (χ0n) is 10.1. The van der Waals surface area contributed by atoms with E-state index in [0.717, 1.165) is 18.1 Å². The van der Waals surface area contributed by atoms with E-state index in [2.05, 4.69) is 14.8 Å². The highest BCUT2D eigenvalue weighted by Crippen LogP contribution is 2.34. The number of fused-ring (bicyclic) bond motifs is 1. The van der Waals surface area contributed by atoms with Gasteiger partial charge in [-0.2, -0.15) is 0 Å². The van der Waals surface area contributed by atoms with Gasteiger partial charge >= 0.3 is 0 Å². The molecule has 1 aromatic heterocycles. The second-order valence-corrected chi connectivity index (χ2v) is 6.32. The average molecular weight is 252 g/mol. The minimum atomic E-state index is 0.346. The predicted octanol–water partition coefficient (Wildman–Crippen LogP) is 1.98. The van der Waals surface area contributed by atoms with E-state index in [-0.39, 0.29) is 0 Å². The molecule has 1 saturated carbocycles. The van der Waals surface area contributed by atoms with Crippen LogP contribution in [0.2, 0.25) is 0 Å². The third kappa shape index (κ3) is 2.36. The third-order valence-corrected chi connectivity index (χ3v) is 5.24. The van der Waals surface area contributed by atoms with Gasteiger partial charge in [-0.05, 0) is 25.7 Å². The van der Waals surface area contributed by atoms with Crippen LogP contribution in [0.15, 0.2) is 5.16 Å². The molecule has 0 amide bonds. The minimum Gasteiger partial charge on any atom is -0.327 e. The van der Waals surface area contributed by atoms with Crippen molar-refractivity contribution in [2.24, 2.45) is 5.73 Å². The Morgan fingerprint density at radius 3 is 2.88 bits per heavy atom. The molecule has 4 nitrogen and oxygen atoms in total. The van der Waals surface area contributed by atoms with E-state index >= 15 is 0 Å². The molecule has 2 atom stereocenters. The standard InChI is InChI=1S/C12H20N4S/c13-9-5-4-6-10(9)17-12-15-14-11-7-2-1-3-8-16(11)12/h9-10H,1-8,13H2. The first-order valence-corrected chi connectivity index (χ1v) is 7.57. The highest BCUT2D eigenvalue weighted by Gasteiger charge is 2.27. The van der Waals surface area contributed by atoms with Gasteiger partial charge in [0.1, 0.15) is 5.82 Å². The smallest absolute Gasteiger partial charge is 0.191 e. The van der Waals surface area contributed by atoms with Crippen molar-refractivity contribution in [3.05, 3.63) is 5.82 Å². The number of nitrogens with zero attached hydrogens (tertiary/aromatic N) is 3. The number of rotatable bonds is 2. The summed E-state index contributed by atoms with van der Waals surface area (Å²) in [5.74, 6) is 1.18. The maximum absolute atomic E-state index is 6.12. The van der Waals surface area contributed by atoms with Gasteiger partial charge in [-0.3, -0.25) is 0 Å². The van der Waals surface area contributed by atoms with Crippen molar-refractivity contribution in [3.63, 3.8) is 0 Å². The van der Waals surface area contributed by atoms with Gasteiger partial charge in [0.2, 0.25) is 0 Å². The molecule has 94 valence electrons. The Balaban J connectivity index is 1.76. The van der Waals surface area contributed by atoms with E-state index in [1.807, 2.05) is 11.8 Å². The second-order valence-electron chi connectivity index (χ2n) is 5.11. The van der Waals surface area contributed by atoms with Gasteiger partial charge in [0.25, 0.3) is 0 Å². The molecule has 2 unspecified atom stereocenters. The Kier molecular flexibility index (Phi) is 3.38. The first-order chi connectivity index (χ1) is 8.34. The van der Waals surface area contributed by atoms with Crippen molar-refractivity contribution in [1.29, 1.82) is 0 Å². The number of nitrogens with two attached hydrogens (primary N) is 1. The van der Waals surface area contributed by atoms with E-state index < -0.39 is 0 Å². The van der Waals surface area contributed by atoms with Crippen LogP contribution >= 0.6 is 11.8 Å². The lowest BCUT2D eigenvalue weighted by Crippen LogP contribution is -2.26. The van der Waals surface area contributed by atoms with E-state index in [1.165, 1.54) is 44.3 Å². The minimum absolute atomic E-state index is 0.346. The van der Waals surface area contributed by atoms with Gasteiger partial charge in [0.15, 0.2) is 5.16 Å². The molecule has 5 heteroatoms. The summed E-state index contributed by atoms with van der Waals surface area (Å²) in [6.07, 6.45) is 8.58. The van der Waals surface area contributed by atoms with Crippen LogP contribution in [0.1, 0.15) is 44.3 Å². The van der Waals surface area contributed by atoms with Crippen LogP contribution in [0.25, 0.3) is 0 Å². The number of thioether (sulfide) groups is 1. The fourth-order valence-corrected chi connectivity index (χ4v) is 4.06. The molecular formula is C12H20N4S. The molecule has 0 spiro atoms. The van der Waals surface area contributed by atoms with Crippen molar-refractivity contribution in [2.45, 2.75) is 67.9 Å². The van der Waals surface area contributed by atoms with Crippen LogP contribution in [0.5, 0.6) is 0 Å². The molecule has 1 aromatic rings. The molecular weight excluding hydrogens is 232 g/mol. The van der Waals surface area contributed by atoms with Crippen LogP contribution in [0.3, 0.4) is 0 Å². The summed E-state index contributed by atoms with van der Waals surface area (Å²) in [6.45, 7) is 1.09. The van der Waals surface area contributed by atoms with Gasteiger partial charge < -0.3 is 10.3 Å². The zero-order chi connectivity index (χ0) is 11.7. The Bertz CT molecular complexity index is 390. The van der Waals surface area contributed by atoms with Crippen molar-refractivity contribution >= 4 is 11.8 Å². The quantitative estimate of drug-likeness (QED) is 0.874. The molecule has 0 bridgehead atoms. The number of hydrogen-bond donors (Lipinski definition) is 1. The van der Waals surface area contributed by atoms with Gasteiger partial charge in [0.05, 0.1) is 0 Å². The van der Waals surface area contributed by atoms with Crippen LogP contribution in [0.4, 0.5) is 0 Å². The molecule has 0 radical (unpaired) electrons. The molecule has 17 heavy (non-hydrogen) atoms. The molecule has 0 saturated heterocycles. The highest BCUT2D eigenvalue weighted by molar-refractivity contribution is 7.99. The molecule has 2 heterocycles. The summed E-state index contributed by atoms with van der Waals surface area (Å²) >= 11 is 1.85. The van der Waals surface area contributed by atoms with Crippen molar-refractivity contribution < 1.29 is 0 Å². The molecule has 3 rings (SSSR count). The first-order valence-electron chi connectivity index (χ1n) is 6.69. The predicted molar refractivity (Wildman–Crippen MR) is 69.0 cm³/mol. The van der Waals surface area contributed by atoms with E-state index in [4.69, 9.17) is 5.73 Å². The summed E-state index contributed by atoms with van der Waals surface area (Å²) in [6, 6.07) is 0.346. The maximum Gasteiger partial charge on any atom is 0.191 e. The van der Waals surface area contributed by atoms with Gasteiger partial charge in [-0.15, -0.1) is 10.2 Å². The van der Waals surface area contributed by atoms with Crippen molar-refractivity contribution in [1.82, 2.24) is 14.8 Å². The fraction of sp³-hybridized carbons (Fsp3) is 0.833. The Morgan fingerprint density at radius 2 is 2.06 bits per heavy atom. The lowest BCUT2D eigenvalue weighted by atomic mass is 10.2. The van der Waals surface area contributed by atoms with Gasteiger partial charge in [0, 0.05) is 24.3 Å². The van der Waals surface area contributed by atoms with Crippen molar-refractivity contribution in [2.75, 3.05) is 0 Å². The first kappa shape index (κ1) is 11.5. The van der Waals surface area contributed by atoms with Crippen molar-refractivity contribution in [3.8, 4) is 0 Å². The normalized spacial score (nSPS) is 29.0. The highest BCUT2D eigenvalue weighted by atomic mass is 32.2. The largest absolute Gasteiger partial charge is 0.327 e. The fourth-order valence-electron chi connectivity index (χ4n) is 2.78. The Hall–Kier alpha value is -0.550. The van der Waals surface area contributed by atoms with Gasteiger partial charge in [-0.25, -0.2) is 0 Å². The summed E-state index contributed by atoms with van der Waals surface area (Å²) < 4.78 is 2.32. The van der Waals surface area contributed by atoms with Crippen LogP contribution < -0.4 is 5.73 Å². The monoisotopic (exact) mass is 252 g/mol. The van der Waals surface area contributed by atoms with E-state index in [1.54, 1.807) is 0 Å². The average Bonchev–Trinajstić information content (AvgIpc) is 2.81. The summed E-state index contributed by atoms with van der Waals surface area (Å²) in [5, 5.41) is 10.3. The number of aromatic nitrogens is 3. The molecule has 1 aliphatic carbocycles. The summed E-state index contributed by atoms with van der Waals surface area (Å²) in [5.41, 5.74) is 6.12. The maximum atomic E-state index is 6.12.